The first-order chi connectivity index (χ1) is 14.7. The fraction of sp³-hybridized carbons (Fsp3) is 0.150. The lowest BCUT2D eigenvalue weighted by Gasteiger charge is -2.27. The molecule has 1 aromatic heterocycles. The van der Waals surface area contributed by atoms with E-state index in [1.807, 2.05) is 0 Å². The smallest absolute Gasteiger partial charge is 0.387 e. The molecule has 3 rings (SSSR count). The van der Waals surface area contributed by atoms with Gasteiger partial charge in [0.25, 0.3) is 0 Å². The topological polar surface area (TPSA) is 112 Å². The Morgan fingerprint density at radius 1 is 1.16 bits per heavy atom. The number of halogens is 3. The highest BCUT2D eigenvalue weighted by Gasteiger charge is 2.29. The van der Waals surface area contributed by atoms with Gasteiger partial charge in [0.2, 0.25) is 11.7 Å². The fourth-order valence-electron chi connectivity index (χ4n) is 2.77. The van der Waals surface area contributed by atoms with E-state index in [0.29, 0.717) is 5.56 Å². The Bertz CT molecular complexity index is 1110. The third-order valence-corrected chi connectivity index (χ3v) is 5.36. The van der Waals surface area contributed by atoms with Crippen molar-refractivity contribution in [2.75, 3.05) is 10.6 Å². The van der Waals surface area contributed by atoms with Crippen LogP contribution >= 0.6 is 11.3 Å². The van der Waals surface area contributed by atoms with E-state index in [2.05, 4.69) is 9.72 Å². The summed E-state index contributed by atoms with van der Waals surface area (Å²) < 4.78 is 43.7. The third kappa shape index (κ3) is 4.77. The van der Waals surface area contributed by atoms with E-state index in [4.69, 9.17) is 11.5 Å². The Hall–Kier alpha value is -3.60. The number of thiazole rings is 1. The Labute approximate surface area is 179 Å². The number of carbonyl (C=O) groups is 2. The third-order valence-electron chi connectivity index (χ3n) is 4.29. The highest BCUT2D eigenvalue weighted by molar-refractivity contribution is 7.18. The van der Waals surface area contributed by atoms with Crippen molar-refractivity contribution in [1.82, 2.24) is 4.98 Å². The second-order valence-corrected chi connectivity index (χ2v) is 7.32. The number of ketones is 1. The van der Waals surface area contributed by atoms with Gasteiger partial charge in [0.15, 0.2) is 10.9 Å². The molecule has 0 bridgehead atoms. The average Bonchev–Trinajstić information content (AvgIpc) is 3.10. The minimum Gasteiger partial charge on any atom is -0.435 e. The molecule has 4 N–H and O–H groups in total. The molecule has 0 saturated carbocycles. The monoisotopic (exact) mass is 450 g/mol. The number of hydrogen-bond acceptors (Lipinski definition) is 7. The zero-order valence-corrected chi connectivity index (χ0v) is 16.9. The summed E-state index contributed by atoms with van der Waals surface area (Å²) >= 11 is 0.849. The number of primary amides is 1. The van der Waals surface area contributed by atoms with E-state index in [9.17, 15) is 22.8 Å². The number of ether oxygens (including phenoxy) is 1. The summed E-state index contributed by atoms with van der Waals surface area (Å²) in [4.78, 5) is 30.0. The number of amides is 1. The van der Waals surface area contributed by atoms with Crippen molar-refractivity contribution in [1.29, 1.82) is 0 Å². The first kappa shape index (κ1) is 22.1. The van der Waals surface area contributed by atoms with Crippen LogP contribution in [0.15, 0.2) is 48.5 Å². The zero-order chi connectivity index (χ0) is 22.7. The normalized spacial score (nSPS) is 11.9. The van der Waals surface area contributed by atoms with Gasteiger partial charge >= 0.3 is 6.61 Å². The number of hydrogen-bond donors (Lipinski definition) is 2. The molecule has 0 saturated heterocycles. The lowest BCUT2D eigenvalue weighted by molar-refractivity contribution is -0.118. The minimum absolute atomic E-state index is 0.0320. The van der Waals surface area contributed by atoms with Crippen molar-refractivity contribution in [2.24, 2.45) is 5.73 Å². The van der Waals surface area contributed by atoms with Crippen LogP contribution in [0.25, 0.3) is 0 Å². The second-order valence-electron chi connectivity index (χ2n) is 6.35. The Kier molecular flexibility index (Phi) is 6.44. The number of anilines is 3. The van der Waals surface area contributed by atoms with Crippen molar-refractivity contribution in [3.05, 3.63) is 64.8 Å². The molecule has 1 heterocycles. The summed E-state index contributed by atoms with van der Waals surface area (Å²) in [6.45, 7) is -1.72. The van der Waals surface area contributed by atoms with E-state index < -0.39 is 35.9 Å². The number of nitrogens with zero attached hydrogens (tertiary/aromatic N) is 2. The molecular weight excluding hydrogens is 433 g/mol. The summed E-state index contributed by atoms with van der Waals surface area (Å²) in [6.07, 6.45) is 0. The fourth-order valence-corrected chi connectivity index (χ4v) is 3.81. The predicted molar refractivity (Wildman–Crippen MR) is 110 cm³/mol. The molecule has 11 heteroatoms. The minimum atomic E-state index is -3.13. The van der Waals surface area contributed by atoms with Gasteiger partial charge in [-0.15, -0.1) is 0 Å². The molecular formula is C20H17F3N4O3S. The molecule has 0 aliphatic heterocycles. The molecule has 0 spiro atoms. The molecule has 0 aliphatic rings. The molecule has 31 heavy (non-hydrogen) atoms. The quantitative estimate of drug-likeness (QED) is 0.506. The SMILES string of the molecule is CC(C(N)=O)N(c1nc(N)c(C(=O)c2ccccc2)s1)c1ccc(OC(F)F)cc1F. The highest BCUT2D eigenvalue weighted by Crippen LogP contribution is 2.38. The Morgan fingerprint density at radius 2 is 1.84 bits per heavy atom. The molecule has 0 aliphatic carbocycles. The molecule has 2 aromatic carbocycles. The number of carbonyl (C=O) groups excluding carboxylic acids is 2. The molecule has 7 nitrogen and oxygen atoms in total. The van der Waals surface area contributed by atoms with Gasteiger partial charge in [0.1, 0.15) is 22.5 Å². The zero-order valence-electron chi connectivity index (χ0n) is 16.1. The van der Waals surface area contributed by atoms with Crippen LogP contribution in [0.1, 0.15) is 22.2 Å². The summed E-state index contributed by atoms with van der Waals surface area (Å²) in [7, 11) is 0. The molecule has 1 unspecified atom stereocenters. The molecule has 0 fully saturated rings. The van der Waals surface area contributed by atoms with E-state index in [1.165, 1.54) is 6.92 Å². The van der Waals surface area contributed by atoms with Crippen LogP contribution in [0.3, 0.4) is 0 Å². The van der Waals surface area contributed by atoms with Crippen LogP contribution in [0.5, 0.6) is 5.75 Å². The van der Waals surface area contributed by atoms with Gasteiger partial charge in [0, 0.05) is 11.6 Å². The maximum absolute atomic E-state index is 14.8. The van der Waals surface area contributed by atoms with Gasteiger partial charge in [-0.05, 0) is 19.1 Å². The van der Waals surface area contributed by atoms with Crippen LogP contribution in [-0.4, -0.2) is 29.3 Å². The first-order valence-corrected chi connectivity index (χ1v) is 9.69. The van der Waals surface area contributed by atoms with Crippen LogP contribution in [-0.2, 0) is 4.79 Å². The molecule has 1 amide bonds. The van der Waals surface area contributed by atoms with Gasteiger partial charge in [-0.1, -0.05) is 41.7 Å². The molecule has 162 valence electrons. The van der Waals surface area contributed by atoms with Crippen molar-refractivity contribution >= 4 is 39.7 Å². The maximum Gasteiger partial charge on any atom is 0.387 e. The van der Waals surface area contributed by atoms with Crippen molar-refractivity contribution < 1.29 is 27.5 Å². The van der Waals surface area contributed by atoms with E-state index in [1.54, 1.807) is 30.3 Å². The summed E-state index contributed by atoms with van der Waals surface area (Å²) in [5, 5.41) is 0.0320. The summed E-state index contributed by atoms with van der Waals surface area (Å²) in [5.74, 6) is -2.67. The molecule has 1 atom stereocenters. The van der Waals surface area contributed by atoms with Gasteiger partial charge in [-0.25, -0.2) is 9.37 Å². The largest absolute Gasteiger partial charge is 0.435 e. The van der Waals surface area contributed by atoms with Crippen LogP contribution in [0.2, 0.25) is 0 Å². The number of nitrogens with two attached hydrogens (primary N) is 2. The van der Waals surface area contributed by atoms with E-state index >= 15 is 0 Å². The van der Waals surface area contributed by atoms with Crippen molar-refractivity contribution in [3.63, 3.8) is 0 Å². The number of aromatic nitrogens is 1. The van der Waals surface area contributed by atoms with E-state index in [0.717, 1.165) is 34.4 Å². The number of benzene rings is 2. The van der Waals surface area contributed by atoms with Gasteiger partial charge in [-0.2, -0.15) is 8.78 Å². The standard InChI is InChI=1S/C20H17F3N4O3S/c1-10(18(25)29)27(14-8-7-12(9-13(14)21)30-19(22)23)20-26-17(24)16(31-20)15(28)11-5-3-2-4-6-11/h2-10,19H,24H2,1H3,(H2,25,29). The lowest BCUT2D eigenvalue weighted by atomic mass is 10.1. The van der Waals surface area contributed by atoms with Gasteiger partial charge < -0.3 is 21.1 Å². The Balaban J connectivity index is 2.05. The van der Waals surface area contributed by atoms with Gasteiger partial charge in [-0.3, -0.25) is 9.59 Å². The van der Waals surface area contributed by atoms with E-state index in [-0.39, 0.29) is 21.5 Å². The maximum atomic E-state index is 14.8. The number of rotatable bonds is 8. The number of nitrogen functional groups attached to an aromatic ring is 1. The second kappa shape index (κ2) is 9.04. The first-order valence-electron chi connectivity index (χ1n) is 8.88. The summed E-state index contributed by atoms with van der Waals surface area (Å²) in [5.41, 5.74) is 11.5. The number of alkyl halides is 2. The lowest BCUT2D eigenvalue weighted by Crippen LogP contribution is -2.40. The van der Waals surface area contributed by atoms with Crippen LogP contribution in [0.4, 0.5) is 29.8 Å². The van der Waals surface area contributed by atoms with Gasteiger partial charge in [0.05, 0.1) is 5.69 Å². The summed E-state index contributed by atoms with van der Waals surface area (Å²) in [6, 6.07) is 10.2. The Morgan fingerprint density at radius 3 is 2.42 bits per heavy atom. The predicted octanol–water partition coefficient (Wildman–Crippen LogP) is 3.71. The molecule has 3 aromatic rings. The van der Waals surface area contributed by atoms with Crippen LogP contribution in [0, 0.1) is 5.82 Å². The van der Waals surface area contributed by atoms with Crippen LogP contribution < -0.4 is 21.1 Å². The van der Waals surface area contributed by atoms with Crippen molar-refractivity contribution in [2.45, 2.75) is 19.6 Å². The average molecular weight is 450 g/mol. The molecule has 0 radical (unpaired) electrons. The highest BCUT2D eigenvalue weighted by atomic mass is 32.1. The van der Waals surface area contributed by atoms with Crippen molar-refractivity contribution in [3.8, 4) is 5.75 Å².